The van der Waals surface area contributed by atoms with Crippen molar-refractivity contribution >= 4 is 5.91 Å². The molecule has 1 saturated carbocycles. The molecule has 4 nitrogen and oxygen atoms in total. The van der Waals surface area contributed by atoms with Crippen LogP contribution in [0.15, 0.2) is 24.3 Å². The average Bonchev–Trinajstić information content (AvgIpc) is 2.54. The molecule has 0 unspecified atom stereocenters. The quantitative estimate of drug-likeness (QED) is 0.749. The molecule has 0 heterocycles. The van der Waals surface area contributed by atoms with E-state index in [9.17, 15) is 15.0 Å². The monoisotopic (exact) mass is 333 g/mol. The Hall–Kier alpha value is -1.39. The van der Waals surface area contributed by atoms with Crippen molar-refractivity contribution < 1.29 is 15.0 Å². The maximum absolute atomic E-state index is 12.7. The highest BCUT2D eigenvalue weighted by Crippen LogP contribution is 2.41. The molecular weight excluding hydrogens is 302 g/mol. The molecule has 1 aliphatic carbocycles. The van der Waals surface area contributed by atoms with Crippen LogP contribution in [0.3, 0.4) is 0 Å². The number of amides is 1. The second-order valence-electron chi connectivity index (χ2n) is 7.65. The van der Waals surface area contributed by atoms with Crippen molar-refractivity contribution in [2.24, 2.45) is 17.8 Å². The van der Waals surface area contributed by atoms with Gasteiger partial charge in [-0.3, -0.25) is 4.79 Å². The first-order valence-corrected chi connectivity index (χ1v) is 9.06. The van der Waals surface area contributed by atoms with Gasteiger partial charge in [0.05, 0.1) is 6.61 Å². The number of aliphatic hydroxyl groups is 2. The van der Waals surface area contributed by atoms with Gasteiger partial charge in [-0.2, -0.15) is 0 Å². The molecule has 0 spiro atoms. The van der Waals surface area contributed by atoms with E-state index in [0.717, 1.165) is 24.0 Å². The van der Waals surface area contributed by atoms with Gasteiger partial charge >= 0.3 is 0 Å². The summed E-state index contributed by atoms with van der Waals surface area (Å²) in [4.78, 5) is 12.7. The van der Waals surface area contributed by atoms with Gasteiger partial charge in [0, 0.05) is 6.54 Å². The Morgan fingerprint density at radius 1 is 1.33 bits per heavy atom. The zero-order valence-electron chi connectivity index (χ0n) is 15.1. The van der Waals surface area contributed by atoms with Crippen LogP contribution in [0.5, 0.6) is 0 Å². The highest BCUT2D eigenvalue weighted by Gasteiger charge is 2.48. The van der Waals surface area contributed by atoms with Crippen LogP contribution in [0.2, 0.25) is 0 Å². The van der Waals surface area contributed by atoms with Crippen LogP contribution in [-0.2, 0) is 17.8 Å². The minimum Gasteiger partial charge on any atom is -0.392 e. The van der Waals surface area contributed by atoms with E-state index in [2.05, 4.69) is 26.1 Å². The molecule has 0 radical (unpaired) electrons. The summed E-state index contributed by atoms with van der Waals surface area (Å²) < 4.78 is 0. The van der Waals surface area contributed by atoms with Crippen LogP contribution in [0.4, 0.5) is 0 Å². The second kappa shape index (κ2) is 8.13. The molecule has 1 amide bonds. The van der Waals surface area contributed by atoms with E-state index < -0.39 is 5.60 Å². The number of nitrogens with one attached hydrogen (secondary N) is 1. The Labute approximate surface area is 145 Å². The minimum absolute atomic E-state index is 0.0198. The Morgan fingerprint density at radius 2 is 2.04 bits per heavy atom. The van der Waals surface area contributed by atoms with Crippen molar-refractivity contribution in [2.45, 2.75) is 58.7 Å². The van der Waals surface area contributed by atoms with E-state index in [0.29, 0.717) is 25.3 Å². The number of carbonyl (C=O) groups excluding carboxylic acids is 1. The first-order valence-electron chi connectivity index (χ1n) is 9.06. The molecule has 1 aromatic carbocycles. The molecule has 0 aromatic heterocycles. The molecule has 1 aliphatic rings. The maximum atomic E-state index is 12.7. The maximum Gasteiger partial charge on any atom is 0.252 e. The van der Waals surface area contributed by atoms with Gasteiger partial charge in [0.2, 0.25) is 0 Å². The third-order valence-corrected chi connectivity index (χ3v) is 5.31. The molecule has 3 N–H and O–H groups in total. The number of benzene rings is 1. The van der Waals surface area contributed by atoms with Crippen LogP contribution in [0, 0.1) is 17.8 Å². The Kier molecular flexibility index (Phi) is 6.41. The minimum atomic E-state index is -1.25. The van der Waals surface area contributed by atoms with E-state index in [1.807, 2.05) is 24.3 Å². The normalized spacial score (nSPS) is 27.2. The third-order valence-electron chi connectivity index (χ3n) is 5.31. The predicted molar refractivity (Wildman–Crippen MR) is 95.4 cm³/mol. The fourth-order valence-corrected chi connectivity index (χ4v) is 3.99. The molecule has 1 fully saturated rings. The lowest BCUT2D eigenvalue weighted by atomic mass is 9.66. The van der Waals surface area contributed by atoms with E-state index in [4.69, 9.17) is 0 Å². The first kappa shape index (κ1) is 18.9. The van der Waals surface area contributed by atoms with Gasteiger partial charge in [-0.25, -0.2) is 0 Å². The van der Waals surface area contributed by atoms with Gasteiger partial charge in [0.1, 0.15) is 5.60 Å². The molecule has 2 rings (SSSR count). The average molecular weight is 333 g/mol. The van der Waals surface area contributed by atoms with Gasteiger partial charge in [0.25, 0.3) is 5.91 Å². The standard InChI is InChI=1S/C20H31NO3/c1-14(2)18-8-7-15(3)12-20(18,24)19(23)21-10-9-16-5-4-6-17(11-16)13-22/h4-6,11,14-15,18,22,24H,7-10,12-13H2,1-3H3,(H,21,23)/t15-,18+,20+/m1/s1. The summed E-state index contributed by atoms with van der Waals surface area (Å²) in [6.07, 6.45) is 3.22. The number of hydrogen-bond acceptors (Lipinski definition) is 3. The van der Waals surface area contributed by atoms with Crippen LogP contribution < -0.4 is 5.32 Å². The topological polar surface area (TPSA) is 69.6 Å². The predicted octanol–water partition coefficient (Wildman–Crippen LogP) is 2.66. The van der Waals surface area contributed by atoms with E-state index in [1.54, 1.807) is 0 Å². The van der Waals surface area contributed by atoms with Crippen molar-refractivity contribution in [3.63, 3.8) is 0 Å². The molecule has 24 heavy (non-hydrogen) atoms. The van der Waals surface area contributed by atoms with Crippen molar-refractivity contribution in [2.75, 3.05) is 6.54 Å². The van der Waals surface area contributed by atoms with Gasteiger partial charge in [-0.15, -0.1) is 0 Å². The number of carbonyl (C=O) groups is 1. The van der Waals surface area contributed by atoms with E-state index in [-0.39, 0.29) is 24.3 Å². The van der Waals surface area contributed by atoms with Crippen molar-refractivity contribution in [3.8, 4) is 0 Å². The molecule has 134 valence electrons. The summed E-state index contributed by atoms with van der Waals surface area (Å²) in [5.41, 5.74) is 0.698. The fraction of sp³-hybridized carbons (Fsp3) is 0.650. The van der Waals surface area contributed by atoms with Crippen molar-refractivity contribution in [3.05, 3.63) is 35.4 Å². The van der Waals surface area contributed by atoms with E-state index in [1.165, 1.54) is 0 Å². The van der Waals surface area contributed by atoms with Crippen LogP contribution in [0.1, 0.15) is 51.2 Å². The molecule has 1 aromatic rings. The fourth-order valence-electron chi connectivity index (χ4n) is 3.99. The zero-order valence-corrected chi connectivity index (χ0v) is 15.1. The largest absolute Gasteiger partial charge is 0.392 e. The van der Waals surface area contributed by atoms with Crippen LogP contribution in [0.25, 0.3) is 0 Å². The zero-order chi connectivity index (χ0) is 17.7. The summed E-state index contributed by atoms with van der Waals surface area (Å²) in [5.74, 6) is 0.448. The second-order valence-corrected chi connectivity index (χ2v) is 7.65. The van der Waals surface area contributed by atoms with Crippen LogP contribution >= 0.6 is 0 Å². The molecule has 3 atom stereocenters. The lowest BCUT2D eigenvalue weighted by Crippen LogP contribution is -2.56. The van der Waals surface area contributed by atoms with Crippen molar-refractivity contribution in [1.82, 2.24) is 5.32 Å². The Balaban J connectivity index is 1.96. The lowest BCUT2D eigenvalue weighted by Gasteiger charge is -2.43. The lowest BCUT2D eigenvalue weighted by molar-refractivity contribution is -0.155. The summed E-state index contributed by atoms with van der Waals surface area (Å²) in [7, 11) is 0. The molecular formula is C20H31NO3. The number of rotatable bonds is 6. The Morgan fingerprint density at radius 3 is 2.71 bits per heavy atom. The van der Waals surface area contributed by atoms with Gasteiger partial charge in [0.15, 0.2) is 0 Å². The van der Waals surface area contributed by atoms with Gasteiger partial charge in [-0.1, -0.05) is 51.5 Å². The SMILES string of the molecule is CC(C)[C@@H]1CC[C@@H](C)C[C@@]1(O)C(=O)NCCc1cccc(CO)c1. The first-order chi connectivity index (χ1) is 11.4. The summed E-state index contributed by atoms with van der Waals surface area (Å²) >= 11 is 0. The summed E-state index contributed by atoms with van der Waals surface area (Å²) in [6, 6.07) is 7.72. The molecule has 0 aliphatic heterocycles. The molecule has 0 bridgehead atoms. The van der Waals surface area contributed by atoms with E-state index >= 15 is 0 Å². The van der Waals surface area contributed by atoms with Gasteiger partial charge in [-0.05, 0) is 48.1 Å². The van der Waals surface area contributed by atoms with Crippen molar-refractivity contribution in [1.29, 1.82) is 0 Å². The summed E-state index contributed by atoms with van der Waals surface area (Å²) in [6.45, 7) is 6.79. The highest BCUT2D eigenvalue weighted by atomic mass is 16.3. The number of hydrogen-bond donors (Lipinski definition) is 3. The highest BCUT2D eigenvalue weighted by molar-refractivity contribution is 5.85. The Bertz CT molecular complexity index is 558. The molecule has 4 heteroatoms. The smallest absolute Gasteiger partial charge is 0.252 e. The third kappa shape index (κ3) is 4.37. The molecule has 0 saturated heterocycles. The number of aliphatic hydroxyl groups excluding tert-OH is 1. The van der Waals surface area contributed by atoms with Crippen LogP contribution in [-0.4, -0.2) is 28.3 Å². The summed E-state index contributed by atoms with van der Waals surface area (Å²) in [5, 5.41) is 23.2. The van der Waals surface area contributed by atoms with Gasteiger partial charge < -0.3 is 15.5 Å².